The van der Waals surface area contributed by atoms with Gasteiger partial charge in [-0.05, 0) is 61.9 Å². The number of rotatable bonds is 8. The molecule has 1 amide bonds. The lowest BCUT2D eigenvalue weighted by molar-refractivity contribution is 0.0926. The van der Waals surface area contributed by atoms with Crippen molar-refractivity contribution in [3.63, 3.8) is 0 Å². The molecular weight excluding hydrogens is 380 g/mol. The highest BCUT2D eigenvalue weighted by Gasteiger charge is 2.17. The van der Waals surface area contributed by atoms with Crippen molar-refractivity contribution in [3.8, 4) is 11.5 Å². The molecule has 0 spiro atoms. The highest BCUT2D eigenvalue weighted by atomic mass is 32.2. The molecule has 2 aromatic rings. The summed E-state index contributed by atoms with van der Waals surface area (Å²) in [6.45, 7) is 3.93. The molecule has 0 unspecified atom stereocenters. The lowest BCUT2D eigenvalue weighted by Gasteiger charge is -2.20. The lowest BCUT2D eigenvalue weighted by Crippen LogP contribution is -2.36. The van der Waals surface area contributed by atoms with Crippen LogP contribution in [0.5, 0.6) is 11.5 Å². The Morgan fingerprint density at radius 3 is 2.29 bits per heavy atom. The predicted molar refractivity (Wildman–Crippen MR) is 110 cm³/mol. The van der Waals surface area contributed by atoms with Gasteiger partial charge in [-0.25, -0.2) is 8.42 Å². The van der Waals surface area contributed by atoms with Gasteiger partial charge in [-0.1, -0.05) is 0 Å². The Hall–Kier alpha value is -2.74. The zero-order valence-electron chi connectivity index (χ0n) is 16.7. The number of nitrogens with one attached hydrogen (secondary N) is 1. The van der Waals surface area contributed by atoms with Gasteiger partial charge in [-0.2, -0.15) is 0 Å². The van der Waals surface area contributed by atoms with E-state index in [1.54, 1.807) is 56.5 Å². The SMILES string of the molecule is COc1ccc(OC[C@@H](C)NC(=O)c2ccc(N(C)S(C)(=O)=O)c(C)c2)cc1. The fourth-order valence-electron chi connectivity index (χ4n) is 2.57. The Morgan fingerprint density at radius 1 is 1.14 bits per heavy atom. The molecule has 0 aliphatic carbocycles. The number of carbonyl (C=O) groups is 1. The molecule has 0 aliphatic heterocycles. The van der Waals surface area contributed by atoms with Crippen LogP contribution in [0.3, 0.4) is 0 Å². The van der Waals surface area contributed by atoms with Crippen molar-refractivity contribution < 1.29 is 22.7 Å². The minimum atomic E-state index is -3.36. The molecule has 0 saturated carbocycles. The minimum Gasteiger partial charge on any atom is -0.497 e. The summed E-state index contributed by atoms with van der Waals surface area (Å²) in [6, 6.07) is 11.9. The molecule has 0 aliphatic rings. The normalized spacial score (nSPS) is 12.2. The Balaban J connectivity index is 1.96. The molecule has 28 heavy (non-hydrogen) atoms. The quantitative estimate of drug-likeness (QED) is 0.728. The first kappa shape index (κ1) is 21.6. The second-order valence-electron chi connectivity index (χ2n) is 6.59. The molecule has 0 saturated heterocycles. The smallest absolute Gasteiger partial charge is 0.251 e. The van der Waals surface area contributed by atoms with Gasteiger partial charge in [0.25, 0.3) is 5.91 Å². The topological polar surface area (TPSA) is 84.9 Å². The molecule has 0 fully saturated rings. The molecule has 0 bridgehead atoms. The standard InChI is InChI=1S/C20H26N2O5S/c1-14-12-16(6-11-19(14)22(3)28(5,24)25)20(23)21-15(2)13-27-18-9-7-17(26-4)8-10-18/h6-12,15H,13H2,1-5H3,(H,21,23)/t15-/m1/s1. The number of methoxy groups -OCH3 is 1. The first-order valence-electron chi connectivity index (χ1n) is 8.74. The number of sulfonamides is 1. The highest BCUT2D eigenvalue weighted by Crippen LogP contribution is 2.22. The van der Waals surface area contributed by atoms with Gasteiger partial charge in [0.2, 0.25) is 10.0 Å². The molecule has 2 rings (SSSR count). The summed E-state index contributed by atoms with van der Waals surface area (Å²) in [5.41, 5.74) is 1.69. The number of aryl methyl sites for hydroxylation is 1. The van der Waals surface area contributed by atoms with Gasteiger partial charge < -0.3 is 14.8 Å². The summed E-state index contributed by atoms with van der Waals surface area (Å²) in [5, 5.41) is 2.87. The van der Waals surface area contributed by atoms with Crippen molar-refractivity contribution in [3.05, 3.63) is 53.6 Å². The van der Waals surface area contributed by atoms with E-state index < -0.39 is 10.0 Å². The molecule has 152 valence electrons. The fraction of sp³-hybridized carbons (Fsp3) is 0.350. The largest absolute Gasteiger partial charge is 0.497 e. The van der Waals surface area contributed by atoms with Crippen molar-refractivity contribution >= 4 is 21.6 Å². The molecule has 0 radical (unpaired) electrons. The number of anilines is 1. The third-order valence-electron chi connectivity index (χ3n) is 4.23. The summed E-state index contributed by atoms with van der Waals surface area (Å²) < 4.78 is 35.4. The molecule has 0 aromatic heterocycles. The van der Waals surface area contributed by atoms with Gasteiger partial charge in [-0.15, -0.1) is 0 Å². The van der Waals surface area contributed by atoms with Crippen LogP contribution < -0.4 is 19.1 Å². The Kier molecular flexibility index (Phi) is 6.90. The van der Waals surface area contributed by atoms with Gasteiger partial charge in [0.1, 0.15) is 18.1 Å². The number of amides is 1. The van der Waals surface area contributed by atoms with E-state index in [0.717, 1.165) is 12.0 Å². The molecule has 7 nitrogen and oxygen atoms in total. The molecule has 1 N–H and O–H groups in total. The van der Waals surface area contributed by atoms with E-state index in [9.17, 15) is 13.2 Å². The van der Waals surface area contributed by atoms with Crippen LogP contribution >= 0.6 is 0 Å². The molecule has 1 atom stereocenters. The average molecular weight is 407 g/mol. The second-order valence-corrected chi connectivity index (χ2v) is 8.61. The number of hydrogen-bond donors (Lipinski definition) is 1. The zero-order valence-corrected chi connectivity index (χ0v) is 17.5. The summed E-state index contributed by atoms with van der Waals surface area (Å²) in [4.78, 5) is 12.5. The Labute approximate surface area is 166 Å². The van der Waals surface area contributed by atoms with Crippen LogP contribution in [0.4, 0.5) is 5.69 Å². The van der Waals surface area contributed by atoms with E-state index in [1.165, 1.54) is 11.4 Å². The average Bonchev–Trinajstić information content (AvgIpc) is 2.65. The van der Waals surface area contributed by atoms with Crippen LogP contribution in [-0.2, 0) is 10.0 Å². The number of hydrogen-bond acceptors (Lipinski definition) is 5. The highest BCUT2D eigenvalue weighted by molar-refractivity contribution is 7.92. The van der Waals surface area contributed by atoms with Crippen molar-refractivity contribution in [2.45, 2.75) is 19.9 Å². The molecule has 8 heteroatoms. The Morgan fingerprint density at radius 2 is 1.75 bits per heavy atom. The van der Waals surface area contributed by atoms with Gasteiger partial charge in [0, 0.05) is 12.6 Å². The fourth-order valence-corrected chi connectivity index (χ4v) is 3.13. The third-order valence-corrected chi connectivity index (χ3v) is 5.42. The number of carbonyl (C=O) groups excluding carboxylic acids is 1. The van der Waals surface area contributed by atoms with Crippen LogP contribution in [0, 0.1) is 6.92 Å². The Bertz CT molecular complexity index is 926. The van der Waals surface area contributed by atoms with E-state index in [1.807, 2.05) is 6.92 Å². The van der Waals surface area contributed by atoms with Crippen molar-refractivity contribution in [2.24, 2.45) is 0 Å². The van der Waals surface area contributed by atoms with E-state index in [-0.39, 0.29) is 11.9 Å². The lowest BCUT2D eigenvalue weighted by atomic mass is 10.1. The van der Waals surface area contributed by atoms with Gasteiger partial charge in [-0.3, -0.25) is 9.10 Å². The van der Waals surface area contributed by atoms with Gasteiger partial charge >= 0.3 is 0 Å². The molecule has 0 heterocycles. The van der Waals surface area contributed by atoms with Crippen molar-refractivity contribution in [2.75, 3.05) is 31.3 Å². The third kappa shape index (κ3) is 5.63. The van der Waals surface area contributed by atoms with Crippen molar-refractivity contribution in [1.29, 1.82) is 0 Å². The van der Waals surface area contributed by atoms with Gasteiger partial charge in [0.15, 0.2) is 0 Å². The maximum Gasteiger partial charge on any atom is 0.251 e. The van der Waals surface area contributed by atoms with E-state index >= 15 is 0 Å². The van der Waals surface area contributed by atoms with Crippen LogP contribution in [-0.4, -0.2) is 47.4 Å². The zero-order chi connectivity index (χ0) is 20.9. The summed E-state index contributed by atoms with van der Waals surface area (Å²) in [7, 11) is -0.280. The summed E-state index contributed by atoms with van der Waals surface area (Å²) in [6.07, 6.45) is 1.14. The maximum atomic E-state index is 12.5. The van der Waals surface area contributed by atoms with Crippen LogP contribution in [0.1, 0.15) is 22.8 Å². The van der Waals surface area contributed by atoms with E-state index in [2.05, 4.69) is 5.32 Å². The van der Waals surface area contributed by atoms with Crippen LogP contribution in [0.2, 0.25) is 0 Å². The first-order valence-corrected chi connectivity index (χ1v) is 10.6. The number of benzene rings is 2. The van der Waals surface area contributed by atoms with Gasteiger partial charge in [0.05, 0.1) is 25.1 Å². The summed E-state index contributed by atoms with van der Waals surface area (Å²) >= 11 is 0. The number of ether oxygens (including phenoxy) is 2. The van der Waals surface area contributed by atoms with E-state index in [0.29, 0.717) is 29.2 Å². The molecule has 2 aromatic carbocycles. The van der Waals surface area contributed by atoms with E-state index in [4.69, 9.17) is 9.47 Å². The predicted octanol–water partition coefficient (Wildman–Crippen LogP) is 2.60. The number of nitrogens with zero attached hydrogens (tertiary/aromatic N) is 1. The molecular formula is C20H26N2O5S. The summed E-state index contributed by atoms with van der Waals surface area (Å²) in [5.74, 6) is 1.18. The second kappa shape index (κ2) is 8.97. The minimum absolute atomic E-state index is 0.215. The monoisotopic (exact) mass is 406 g/mol. The first-order chi connectivity index (χ1) is 13.1. The van der Waals surface area contributed by atoms with Crippen LogP contribution in [0.15, 0.2) is 42.5 Å². The maximum absolute atomic E-state index is 12.5. The van der Waals surface area contributed by atoms with Crippen LogP contribution in [0.25, 0.3) is 0 Å². The van der Waals surface area contributed by atoms with Crippen molar-refractivity contribution in [1.82, 2.24) is 5.32 Å².